The maximum absolute atomic E-state index is 14.6. The first kappa shape index (κ1) is 52.8. The number of carbonyl (C=O) groups is 5. The fourth-order valence-electron chi connectivity index (χ4n) is 9.05. The van der Waals surface area contributed by atoms with Crippen molar-refractivity contribution >= 4 is 35.3 Å². The number of amides is 4. The third kappa shape index (κ3) is 14.5. The number of methoxy groups -OCH3 is 2. The lowest BCUT2D eigenvalue weighted by Gasteiger charge is -2.41. The van der Waals surface area contributed by atoms with Crippen LogP contribution in [0.3, 0.4) is 0 Å². The SMILES string of the molecule is CC[C@H](C)[C@@H]([C@@H](CC(=O)N1CCC[C@H]1[C@H](OC)[C@@H](C)C(=O)N[C@@H](Cc1ccccc1)C(=O)O)OC)N(C)C(=O)[C@@H](NC(=O)[C@H](C(C)C)N(C)CCc1ccc(N(C)C)cc1)C(C)C. The number of hydrogen-bond acceptors (Lipinski definition) is 9. The van der Waals surface area contributed by atoms with Crippen molar-refractivity contribution in [2.45, 2.75) is 129 Å². The van der Waals surface area contributed by atoms with Crippen LogP contribution in [-0.2, 0) is 46.3 Å². The van der Waals surface area contributed by atoms with Gasteiger partial charge in [0.05, 0.1) is 42.7 Å². The van der Waals surface area contributed by atoms with Gasteiger partial charge in [0, 0.05) is 60.6 Å². The van der Waals surface area contributed by atoms with Crippen LogP contribution in [0.4, 0.5) is 5.69 Å². The van der Waals surface area contributed by atoms with Crippen molar-refractivity contribution in [2.75, 3.05) is 60.4 Å². The molecule has 2 aromatic rings. The van der Waals surface area contributed by atoms with Crippen LogP contribution >= 0.6 is 0 Å². The highest BCUT2D eigenvalue weighted by molar-refractivity contribution is 5.90. The van der Waals surface area contributed by atoms with Crippen LogP contribution in [0.5, 0.6) is 0 Å². The zero-order valence-corrected chi connectivity index (χ0v) is 40.3. The zero-order chi connectivity index (χ0) is 47.1. The predicted molar refractivity (Wildman–Crippen MR) is 248 cm³/mol. The number of likely N-dealkylation sites (tertiary alicyclic amines) is 1. The van der Waals surface area contributed by atoms with E-state index in [1.807, 2.05) is 93.0 Å². The summed E-state index contributed by atoms with van der Waals surface area (Å²) in [5.74, 6) is -3.34. The third-order valence-corrected chi connectivity index (χ3v) is 13.0. The summed E-state index contributed by atoms with van der Waals surface area (Å²) in [4.78, 5) is 76.3. The molecule has 1 fully saturated rings. The van der Waals surface area contributed by atoms with Crippen molar-refractivity contribution in [1.82, 2.24) is 25.3 Å². The van der Waals surface area contributed by atoms with Crippen LogP contribution in [0.25, 0.3) is 0 Å². The molecule has 2 aromatic carbocycles. The van der Waals surface area contributed by atoms with Gasteiger partial charge in [-0.3, -0.25) is 24.1 Å². The standard InChI is InChI=1S/C49H78N6O8/c1-14-33(6)44(54(11)48(59)42(31(2)3)51-47(58)43(32(4)5)53(10)28-26-35-22-24-37(25-23-35)52(8)9)40(62-12)30-41(56)55-27-18-21-39(55)45(63-13)34(7)46(57)50-38(49(60)61)29-36-19-16-15-17-20-36/h15-17,19-20,22-25,31-34,38-40,42-45H,14,18,21,26-30H2,1-13H3,(H,50,57)(H,51,58)(H,60,61)/t33-,34+,38-,39-,40+,42-,43-,44-,45+/m0/s1. The fourth-order valence-corrected chi connectivity index (χ4v) is 9.05. The summed E-state index contributed by atoms with van der Waals surface area (Å²) in [7, 11) is 10.8. The number of anilines is 1. The number of nitrogens with one attached hydrogen (secondary N) is 2. The third-order valence-electron chi connectivity index (χ3n) is 13.0. The molecule has 1 aliphatic rings. The molecular weight excluding hydrogens is 801 g/mol. The lowest BCUT2D eigenvalue weighted by Crippen LogP contribution is -2.60. The predicted octanol–water partition coefficient (Wildman–Crippen LogP) is 5.12. The molecule has 4 amide bonds. The second kappa shape index (κ2) is 25.1. The summed E-state index contributed by atoms with van der Waals surface area (Å²) in [6.07, 6.45) is 1.51. The summed E-state index contributed by atoms with van der Waals surface area (Å²) in [6.45, 7) is 14.8. The second-order valence-corrected chi connectivity index (χ2v) is 18.4. The van der Waals surface area contributed by atoms with Gasteiger partial charge in [0.15, 0.2) is 0 Å². The molecule has 1 saturated heterocycles. The molecule has 0 radical (unpaired) electrons. The van der Waals surface area contributed by atoms with Crippen LogP contribution in [-0.4, -0.2) is 147 Å². The minimum Gasteiger partial charge on any atom is -0.480 e. The van der Waals surface area contributed by atoms with E-state index in [2.05, 4.69) is 44.7 Å². The van der Waals surface area contributed by atoms with Gasteiger partial charge in [0.1, 0.15) is 12.1 Å². The quantitative estimate of drug-likeness (QED) is 0.122. The summed E-state index contributed by atoms with van der Waals surface area (Å²) in [5.41, 5.74) is 3.08. The minimum atomic E-state index is -1.14. The molecule has 0 unspecified atom stereocenters. The average Bonchev–Trinajstić information content (AvgIpc) is 3.74. The van der Waals surface area contributed by atoms with Gasteiger partial charge in [-0.05, 0) is 67.3 Å². The molecule has 0 spiro atoms. The maximum Gasteiger partial charge on any atom is 0.326 e. The van der Waals surface area contributed by atoms with Crippen LogP contribution in [0.15, 0.2) is 54.6 Å². The summed E-state index contributed by atoms with van der Waals surface area (Å²) in [5, 5.41) is 15.8. The van der Waals surface area contributed by atoms with Gasteiger partial charge in [-0.25, -0.2) is 4.79 Å². The number of ether oxygens (including phenoxy) is 2. The van der Waals surface area contributed by atoms with Gasteiger partial charge >= 0.3 is 5.97 Å². The van der Waals surface area contributed by atoms with Crippen molar-refractivity contribution in [3.05, 3.63) is 65.7 Å². The van der Waals surface area contributed by atoms with Crippen LogP contribution < -0.4 is 15.5 Å². The highest BCUT2D eigenvalue weighted by atomic mass is 16.5. The molecule has 1 heterocycles. The Labute approximate surface area is 377 Å². The Morgan fingerprint density at radius 3 is 1.98 bits per heavy atom. The smallest absolute Gasteiger partial charge is 0.326 e. The first-order valence-electron chi connectivity index (χ1n) is 22.7. The van der Waals surface area contributed by atoms with Gasteiger partial charge in [0.25, 0.3) is 0 Å². The summed E-state index contributed by atoms with van der Waals surface area (Å²) in [6, 6.07) is 14.2. The van der Waals surface area contributed by atoms with Crippen molar-refractivity contribution in [2.24, 2.45) is 23.7 Å². The number of benzene rings is 2. The number of carboxylic acid groups (broad SMARTS) is 1. The molecule has 0 aromatic heterocycles. The number of aliphatic carboxylic acids is 1. The van der Waals surface area contributed by atoms with Crippen LogP contribution in [0.1, 0.15) is 85.3 Å². The normalized spacial score (nSPS) is 18.0. The highest BCUT2D eigenvalue weighted by Gasteiger charge is 2.43. The Balaban J connectivity index is 1.76. The van der Waals surface area contributed by atoms with E-state index >= 15 is 0 Å². The highest BCUT2D eigenvalue weighted by Crippen LogP contribution is 2.30. The number of carbonyl (C=O) groups excluding carboxylic acids is 4. The second-order valence-electron chi connectivity index (χ2n) is 18.4. The van der Waals surface area contributed by atoms with Crippen molar-refractivity contribution in [3.63, 3.8) is 0 Å². The Morgan fingerprint density at radius 1 is 0.825 bits per heavy atom. The molecule has 14 nitrogen and oxygen atoms in total. The van der Waals surface area contributed by atoms with Crippen molar-refractivity contribution < 1.29 is 38.6 Å². The summed E-state index contributed by atoms with van der Waals surface area (Å²) >= 11 is 0. The number of nitrogens with zero attached hydrogens (tertiary/aromatic N) is 4. The molecule has 0 saturated carbocycles. The molecular formula is C49H78N6O8. The van der Waals surface area contributed by atoms with E-state index < -0.39 is 60.2 Å². The molecule has 0 bridgehead atoms. The topological polar surface area (TPSA) is 161 Å². The van der Waals surface area contributed by atoms with E-state index in [4.69, 9.17) is 9.47 Å². The lowest BCUT2D eigenvalue weighted by molar-refractivity contribution is -0.148. The van der Waals surface area contributed by atoms with Gasteiger partial charge in [-0.15, -0.1) is 0 Å². The van der Waals surface area contributed by atoms with E-state index in [1.165, 1.54) is 12.7 Å². The fraction of sp³-hybridized carbons (Fsp3) is 0.653. The van der Waals surface area contributed by atoms with E-state index in [1.54, 1.807) is 30.9 Å². The van der Waals surface area contributed by atoms with E-state index in [0.29, 0.717) is 32.4 Å². The molecule has 14 heteroatoms. The van der Waals surface area contributed by atoms with Crippen LogP contribution in [0, 0.1) is 23.7 Å². The number of likely N-dealkylation sites (N-methyl/N-ethyl adjacent to an activating group) is 2. The maximum atomic E-state index is 14.6. The zero-order valence-electron chi connectivity index (χ0n) is 40.3. The molecule has 3 N–H and O–H groups in total. The molecule has 9 atom stereocenters. The molecule has 3 rings (SSSR count). The Morgan fingerprint density at radius 2 is 1.46 bits per heavy atom. The first-order chi connectivity index (χ1) is 29.8. The summed E-state index contributed by atoms with van der Waals surface area (Å²) < 4.78 is 12.0. The monoisotopic (exact) mass is 879 g/mol. The lowest BCUT2D eigenvalue weighted by atomic mass is 9.89. The number of hydrogen-bond donors (Lipinski definition) is 3. The van der Waals surface area contributed by atoms with Crippen molar-refractivity contribution in [1.29, 1.82) is 0 Å². The van der Waals surface area contributed by atoms with E-state index in [9.17, 15) is 29.1 Å². The van der Waals surface area contributed by atoms with Gasteiger partial charge in [0.2, 0.25) is 23.6 Å². The van der Waals surface area contributed by atoms with E-state index in [0.717, 1.165) is 17.7 Å². The molecule has 0 aliphatic carbocycles. The van der Waals surface area contributed by atoms with Gasteiger partial charge in [-0.2, -0.15) is 0 Å². The van der Waals surface area contributed by atoms with Gasteiger partial charge < -0.3 is 39.9 Å². The first-order valence-corrected chi connectivity index (χ1v) is 22.7. The van der Waals surface area contributed by atoms with Crippen LogP contribution in [0.2, 0.25) is 0 Å². The Bertz CT molecular complexity index is 1760. The minimum absolute atomic E-state index is 0.0192. The van der Waals surface area contributed by atoms with E-state index in [-0.39, 0.29) is 48.3 Å². The average molecular weight is 879 g/mol. The van der Waals surface area contributed by atoms with Gasteiger partial charge in [-0.1, -0.05) is 97.4 Å². The number of carboxylic acids is 1. The molecule has 1 aliphatic heterocycles. The Kier molecular flexibility index (Phi) is 21.0. The number of rotatable bonds is 25. The largest absolute Gasteiger partial charge is 0.480 e. The molecule has 63 heavy (non-hydrogen) atoms. The van der Waals surface area contributed by atoms with Crippen molar-refractivity contribution in [3.8, 4) is 0 Å². The Hall–Kier alpha value is -4.53. The molecule has 352 valence electrons.